The van der Waals surface area contributed by atoms with Crippen LogP contribution in [-0.4, -0.2) is 75.5 Å². The zero-order valence-corrected chi connectivity index (χ0v) is 31.5. The number of ether oxygens (including phenoxy) is 3. The maximum atomic E-state index is 12.6. The lowest BCUT2D eigenvalue weighted by molar-refractivity contribution is -0.889. The van der Waals surface area contributed by atoms with Gasteiger partial charge in [-0.1, -0.05) is 117 Å². The van der Waals surface area contributed by atoms with E-state index in [0.717, 1.165) is 51.4 Å². The summed E-state index contributed by atoms with van der Waals surface area (Å²) in [7, 11) is 5.35. The Morgan fingerprint density at radius 1 is 0.620 bits per heavy atom. The fraction of sp³-hybridized carbons (Fsp3) is 0.548. The van der Waals surface area contributed by atoms with Gasteiger partial charge in [0.15, 0.2) is 6.10 Å². The van der Waals surface area contributed by atoms with E-state index in [-0.39, 0.29) is 55.5 Å². The number of nitrogens with zero attached hydrogens (tertiary/aromatic N) is 1. The molecule has 8 heteroatoms. The number of carboxylic acids is 1. The van der Waals surface area contributed by atoms with Crippen LogP contribution in [0.5, 0.6) is 0 Å². The predicted molar refractivity (Wildman–Crippen MR) is 203 cm³/mol. The molecule has 2 unspecified atom stereocenters. The monoisotopic (exact) mass is 695 g/mol. The second-order valence-electron chi connectivity index (χ2n) is 12.8. The van der Waals surface area contributed by atoms with Crippen LogP contribution in [0.25, 0.3) is 0 Å². The van der Waals surface area contributed by atoms with Gasteiger partial charge in [0, 0.05) is 19.3 Å². The Morgan fingerprint density at radius 2 is 1.18 bits per heavy atom. The Morgan fingerprint density at radius 3 is 1.80 bits per heavy atom. The molecule has 0 aromatic heterocycles. The van der Waals surface area contributed by atoms with Crippen molar-refractivity contribution in [3.05, 3.63) is 97.2 Å². The zero-order chi connectivity index (χ0) is 37.1. The summed E-state index contributed by atoms with van der Waals surface area (Å²) >= 11 is 0. The van der Waals surface area contributed by atoms with Crippen molar-refractivity contribution in [2.45, 2.75) is 109 Å². The van der Waals surface area contributed by atoms with E-state index in [0.29, 0.717) is 12.8 Å². The minimum atomic E-state index is -1.15. The van der Waals surface area contributed by atoms with Crippen molar-refractivity contribution >= 4 is 17.9 Å². The normalized spacial score (nSPS) is 14.2. The van der Waals surface area contributed by atoms with Crippen molar-refractivity contribution in [1.82, 2.24) is 0 Å². The number of carboxylic acid groups (broad SMARTS) is 1. The number of rotatable bonds is 30. The van der Waals surface area contributed by atoms with Gasteiger partial charge >= 0.3 is 11.9 Å². The first kappa shape index (κ1) is 46.2. The molecule has 0 aliphatic carbocycles. The molecule has 0 radical (unpaired) electrons. The Hall–Kier alpha value is -3.75. The van der Waals surface area contributed by atoms with Gasteiger partial charge in [-0.25, -0.2) is 0 Å². The minimum absolute atomic E-state index is 0.000115. The van der Waals surface area contributed by atoms with E-state index in [9.17, 15) is 19.5 Å². The number of hydrogen-bond acceptors (Lipinski definition) is 7. The molecule has 50 heavy (non-hydrogen) atoms. The minimum Gasteiger partial charge on any atom is -0.544 e. The van der Waals surface area contributed by atoms with E-state index in [1.165, 1.54) is 0 Å². The molecule has 0 bridgehead atoms. The Kier molecular flexibility index (Phi) is 30.0. The van der Waals surface area contributed by atoms with Crippen LogP contribution in [0.1, 0.15) is 97.3 Å². The largest absolute Gasteiger partial charge is 0.544 e. The highest BCUT2D eigenvalue weighted by atomic mass is 16.6. The summed E-state index contributed by atoms with van der Waals surface area (Å²) in [6.45, 7) is 4.24. The number of unbranched alkanes of at least 4 members (excludes halogenated alkanes) is 4. The van der Waals surface area contributed by atoms with E-state index < -0.39 is 18.1 Å². The third-order valence-corrected chi connectivity index (χ3v) is 7.34. The number of esters is 2. The third kappa shape index (κ3) is 30.3. The lowest BCUT2D eigenvalue weighted by Gasteiger charge is -2.34. The topological polar surface area (TPSA) is 102 Å². The van der Waals surface area contributed by atoms with Gasteiger partial charge in [0.2, 0.25) is 0 Å². The van der Waals surface area contributed by atoms with Crippen LogP contribution >= 0.6 is 0 Å². The lowest BCUT2D eigenvalue weighted by atomic mass is 10.1. The van der Waals surface area contributed by atoms with Gasteiger partial charge in [-0.15, -0.1) is 0 Å². The Bertz CT molecular complexity index is 1140. The molecule has 0 aliphatic heterocycles. The molecule has 0 spiro atoms. The van der Waals surface area contributed by atoms with Gasteiger partial charge in [-0.3, -0.25) is 9.59 Å². The Labute approximate surface area is 303 Å². The van der Waals surface area contributed by atoms with Crippen LogP contribution in [0.2, 0.25) is 0 Å². The third-order valence-electron chi connectivity index (χ3n) is 7.34. The highest BCUT2D eigenvalue weighted by molar-refractivity contribution is 5.70. The molecule has 0 fully saturated rings. The van der Waals surface area contributed by atoms with E-state index in [2.05, 4.69) is 62.5 Å². The van der Waals surface area contributed by atoms with Crippen molar-refractivity contribution in [3.8, 4) is 0 Å². The van der Waals surface area contributed by atoms with Crippen molar-refractivity contribution in [1.29, 1.82) is 0 Å². The average molecular weight is 696 g/mol. The molecule has 0 aliphatic rings. The number of aliphatic carboxylic acids is 1. The maximum Gasteiger partial charge on any atom is 0.306 e. The quantitative estimate of drug-likeness (QED) is 0.0248. The summed E-state index contributed by atoms with van der Waals surface area (Å²) in [5.74, 6) is -1.88. The molecule has 280 valence electrons. The average Bonchev–Trinajstić information content (AvgIpc) is 3.06. The highest BCUT2D eigenvalue weighted by Crippen LogP contribution is 2.10. The molecule has 0 aromatic rings. The second kappa shape index (κ2) is 32.5. The van der Waals surface area contributed by atoms with E-state index >= 15 is 0 Å². The van der Waals surface area contributed by atoms with Gasteiger partial charge in [0.1, 0.15) is 12.6 Å². The van der Waals surface area contributed by atoms with Gasteiger partial charge < -0.3 is 28.6 Å². The van der Waals surface area contributed by atoms with Gasteiger partial charge in [0.25, 0.3) is 0 Å². The maximum absolute atomic E-state index is 12.6. The molecule has 0 aromatic carbocycles. The molecule has 0 amide bonds. The number of likely N-dealkylation sites (N-methyl/N-ethyl adjacent to an activating group) is 1. The summed E-state index contributed by atoms with van der Waals surface area (Å²) < 4.78 is 16.9. The Balaban J connectivity index is 4.64. The lowest BCUT2D eigenvalue weighted by Crippen LogP contribution is -2.55. The summed E-state index contributed by atoms with van der Waals surface area (Å²) in [6, 6.07) is -0.745. The molecular formula is C42H65NO7. The SMILES string of the molecule is CC/C=C/C=C/C=C/C=C/C=C/CCCCCC(=O)OC(COCCC(C(=O)[O-])[N+](C)(C)C)COC(=O)CCC/C=C/C/C=C/C/C=C/CC. The molecule has 0 saturated carbocycles. The number of hydrogen-bond donors (Lipinski definition) is 0. The number of carbonyl (C=O) groups excluding carboxylic acids is 3. The van der Waals surface area contributed by atoms with Crippen LogP contribution < -0.4 is 5.11 Å². The molecular weight excluding hydrogens is 630 g/mol. The standard InChI is InChI=1S/C42H65NO7/c1-6-8-10-12-14-16-18-19-20-21-23-25-27-29-31-33-41(45)50-38(36-48-35-34-39(42(46)47)43(3,4)5)37-49-40(44)32-30-28-26-24-22-17-15-13-11-9-7-2/h8-12,14-21,23-24,26,38-39H,6-7,13,22,25,27-37H2,1-5H3/b10-8+,11-9+,14-12+,17-15+,18-16+,20-19+,23-21+,26-24+. The van der Waals surface area contributed by atoms with Crippen LogP contribution in [-0.2, 0) is 28.6 Å². The summed E-state index contributed by atoms with van der Waals surface area (Å²) in [4.78, 5) is 36.6. The first-order valence-electron chi connectivity index (χ1n) is 18.3. The number of quaternary nitrogens is 1. The zero-order valence-electron chi connectivity index (χ0n) is 31.5. The van der Waals surface area contributed by atoms with Gasteiger partial charge in [-0.2, -0.15) is 0 Å². The highest BCUT2D eigenvalue weighted by Gasteiger charge is 2.25. The summed E-state index contributed by atoms with van der Waals surface area (Å²) in [5.41, 5.74) is 0. The second-order valence-corrected chi connectivity index (χ2v) is 12.8. The van der Waals surface area contributed by atoms with E-state index in [4.69, 9.17) is 14.2 Å². The molecule has 0 saturated heterocycles. The van der Waals surface area contributed by atoms with E-state index in [1.54, 1.807) is 21.1 Å². The molecule has 0 heterocycles. The smallest absolute Gasteiger partial charge is 0.306 e. The fourth-order valence-electron chi connectivity index (χ4n) is 4.52. The van der Waals surface area contributed by atoms with Crippen LogP contribution in [0, 0.1) is 0 Å². The molecule has 0 N–H and O–H groups in total. The van der Waals surface area contributed by atoms with Gasteiger partial charge in [0.05, 0.1) is 40.3 Å². The number of carbonyl (C=O) groups is 3. The summed E-state index contributed by atoms with van der Waals surface area (Å²) in [6.07, 6.45) is 41.6. The molecule has 8 nitrogen and oxygen atoms in total. The molecule has 2 atom stereocenters. The van der Waals surface area contributed by atoms with Crippen LogP contribution in [0.3, 0.4) is 0 Å². The predicted octanol–water partition coefficient (Wildman–Crippen LogP) is 7.84. The van der Waals surface area contributed by atoms with Crippen LogP contribution in [0.15, 0.2) is 97.2 Å². The fourth-order valence-corrected chi connectivity index (χ4v) is 4.52. The van der Waals surface area contributed by atoms with Gasteiger partial charge in [-0.05, 0) is 57.8 Å². The first-order chi connectivity index (χ1) is 24.1. The first-order valence-corrected chi connectivity index (χ1v) is 18.3. The van der Waals surface area contributed by atoms with Crippen molar-refractivity contribution < 1.29 is 38.2 Å². The van der Waals surface area contributed by atoms with Crippen molar-refractivity contribution in [2.75, 3.05) is 41.0 Å². The number of allylic oxidation sites excluding steroid dienone is 16. The summed E-state index contributed by atoms with van der Waals surface area (Å²) in [5, 5.41) is 11.6. The van der Waals surface area contributed by atoms with E-state index in [1.807, 2.05) is 48.6 Å². The van der Waals surface area contributed by atoms with Crippen molar-refractivity contribution in [2.24, 2.45) is 0 Å². The van der Waals surface area contributed by atoms with Crippen molar-refractivity contribution in [3.63, 3.8) is 0 Å². The molecule has 0 rings (SSSR count). The van der Waals surface area contributed by atoms with Crippen LogP contribution in [0.4, 0.5) is 0 Å².